The molecule has 9 heteroatoms. The molecule has 5 rings (SSSR count). The van der Waals surface area contributed by atoms with Gasteiger partial charge in [0.15, 0.2) is 11.5 Å². The highest BCUT2D eigenvalue weighted by molar-refractivity contribution is 6.06. The summed E-state index contributed by atoms with van der Waals surface area (Å²) < 4.78 is 11.2. The summed E-state index contributed by atoms with van der Waals surface area (Å²) in [6.07, 6.45) is 3.17. The van der Waals surface area contributed by atoms with Crippen molar-refractivity contribution in [2.45, 2.75) is 0 Å². The fraction of sp³-hybridized carbons (Fsp3) is 0.0833. The van der Waals surface area contributed by atoms with Gasteiger partial charge in [-0.1, -0.05) is 12.1 Å². The number of aromatic nitrogens is 3. The van der Waals surface area contributed by atoms with Gasteiger partial charge in [-0.25, -0.2) is 15.0 Å². The van der Waals surface area contributed by atoms with Crippen LogP contribution in [0.1, 0.15) is 10.4 Å². The molecule has 1 aliphatic rings. The van der Waals surface area contributed by atoms with Gasteiger partial charge in [-0.2, -0.15) is 0 Å². The number of amides is 1. The van der Waals surface area contributed by atoms with Crippen molar-refractivity contribution in [1.82, 2.24) is 15.0 Å². The predicted octanol–water partition coefficient (Wildman–Crippen LogP) is 4.38. The monoisotopic (exact) mass is 440 g/mol. The van der Waals surface area contributed by atoms with Gasteiger partial charge in [0, 0.05) is 23.6 Å². The normalized spacial score (nSPS) is 12.0. The van der Waals surface area contributed by atoms with Crippen molar-refractivity contribution in [1.29, 1.82) is 0 Å². The maximum absolute atomic E-state index is 12.8. The third-order valence-electron chi connectivity index (χ3n) is 4.81. The largest absolute Gasteiger partial charge is 0.486 e. The molecule has 0 saturated carbocycles. The van der Waals surface area contributed by atoms with Crippen LogP contribution < -0.4 is 25.4 Å². The predicted molar refractivity (Wildman–Crippen MR) is 125 cm³/mol. The molecule has 164 valence electrons. The van der Waals surface area contributed by atoms with E-state index in [1.807, 2.05) is 30.3 Å². The fourth-order valence-corrected chi connectivity index (χ4v) is 3.30. The van der Waals surface area contributed by atoms with E-state index in [0.29, 0.717) is 53.4 Å². The summed E-state index contributed by atoms with van der Waals surface area (Å²) in [5.41, 5.74) is 1.90. The van der Waals surface area contributed by atoms with Crippen LogP contribution in [0.4, 0.5) is 28.8 Å². The molecule has 4 aromatic rings. The van der Waals surface area contributed by atoms with Crippen molar-refractivity contribution in [3.8, 4) is 11.5 Å². The summed E-state index contributed by atoms with van der Waals surface area (Å²) in [4.78, 5) is 25.4. The molecule has 33 heavy (non-hydrogen) atoms. The Balaban J connectivity index is 1.24. The van der Waals surface area contributed by atoms with Crippen LogP contribution in [0, 0.1) is 0 Å². The average molecular weight is 440 g/mol. The van der Waals surface area contributed by atoms with Gasteiger partial charge in [-0.15, -0.1) is 0 Å². The lowest BCUT2D eigenvalue weighted by Crippen LogP contribution is -2.20. The first-order valence-corrected chi connectivity index (χ1v) is 10.3. The summed E-state index contributed by atoms with van der Waals surface area (Å²) in [7, 11) is 0. The number of anilines is 5. The molecule has 3 heterocycles. The number of rotatable bonds is 6. The molecule has 0 aliphatic carbocycles. The Kier molecular flexibility index (Phi) is 5.66. The minimum Gasteiger partial charge on any atom is -0.486 e. The number of hydrogen-bond acceptors (Lipinski definition) is 8. The number of nitrogens with zero attached hydrogens (tertiary/aromatic N) is 3. The molecule has 2 aromatic carbocycles. The molecule has 1 aliphatic heterocycles. The Morgan fingerprint density at radius 3 is 2.36 bits per heavy atom. The second-order valence-electron chi connectivity index (χ2n) is 7.11. The third-order valence-corrected chi connectivity index (χ3v) is 4.81. The van der Waals surface area contributed by atoms with E-state index in [9.17, 15) is 4.79 Å². The minimum absolute atomic E-state index is 0.265. The highest BCUT2D eigenvalue weighted by Crippen LogP contribution is 2.34. The van der Waals surface area contributed by atoms with E-state index in [-0.39, 0.29) is 5.91 Å². The molecular weight excluding hydrogens is 420 g/mol. The summed E-state index contributed by atoms with van der Waals surface area (Å²) >= 11 is 0. The van der Waals surface area contributed by atoms with Crippen molar-refractivity contribution >= 4 is 34.7 Å². The van der Waals surface area contributed by atoms with E-state index in [1.165, 1.54) is 6.33 Å². The van der Waals surface area contributed by atoms with Crippen LogP contribution in [0.2, 0.25) is 0 Å². The summed E-state index contributed by atoms with van der Waals surface area (Å²) in [5.74, 6) is 2.72. The number of ether oxygens (including phenoxy) is 2. The second-order valence-corrected chi connectivity index (χ2v) is 7.11. The highest BCUT2D eigenvalue weighted by atomic mass is 16.6. The van der Waals surface area contributed by atoms with E-state index in [0.717, 1.165) is 5.69 Å². The van der Waals surface area contributed by atoms with Crippen molar-refractivity contribution in [2.24, 2.45) is 0 Å². The maximum atomic E-state index is 12.8. The zero-order valence-electron chi connectivity index (χ0n) is 17.5. The topological polar surface area (TPSA) is 110 Å². The van der Waals surface area contributed by atoms with Gasteiger partial charge in [0.2, 0.25) is 0 Å². The van der Waals surface area contributed by atoms with E-state index < -0.39 is 0 Å². The number of hydrogen-bond donors (Lipinski definition) is 3. The molecule has 0 bridgehead atoms. The summed E-state index contributed by atoms with van der Waals surface area (Å²) in [6.45, 7) is 0.888. The lowest BCUT2D eigenvalue weighted by Gasteiger charge is -2.20. The first kappa shape index (κ1) is 20.3. The zero-order valence-corrected chi connectivity index (χ0v) is 17.5. The van der Waals surface area contributed by atoms with Crippen LogP contribution >= 0.6 is 0 Å². The number of carbonyl (C=O) groups excluding carboxylic acids is 1. The number of para-hydroxylation sites is 1. The molecule has 0 saturated heterocycles. The Bertz CT molecular complexity index is 1260. The number of nitrogens with one attached hydrogen (secondary N) is 3. The zero-order chi connectivity index (χ0) is 22.5. The molecule has 9 nitrogen and oxygen atoms in total. The van der Waals surface area contributed by atoms with Crippen LogP contribution in [0.15, 0.2) is 79.3 Å². The molecule has 0 spiro atoms. The van der Waals surface area contributed by atoms with E-state index in [1.54, 1.807) is 42.6 Å². The first-order chi connectivity index (χ1) is 16.2. The van der Waals surface area contributed by atoms with Gasteiger partial charge in [0.05, 0.1) is 5.56 Å². The summed E-state index contributed by atoms with van der Waals surface area (Å²) in [6, 6.07) is 20.0. The number of pyridine rings is 1. The highest BCUT2D eigenvalue weighted by Gasteiger charge is 2.20. The van der Waals surface area contributed by atoms with Gasteiger partial charge in [0.1, 0.15) is 37.0 Å². The third kappa shape index (κ3) is 4.82. The lowest BCUT2D eigenvalue weighted by atomic mass is 10.1. The Morgan fingerprint density at radius 1 is 0.758 bits per heavy atom. The molecular formula is C24H20N6O3. The van der Waals surface area contributed by atoms with Crippen molar-refractivity contribution in [3.05, 3.63) is 84.8 Å². The minimum atomic E-state index is -0.265. The number of carbonyl (C=O) groups is 1. The quantitative estimate of drug-likeness (QED) is 0.405. The molecule has 0 atom stereocenters. The lowest BCUT2D eigenvalue weighted by molar-refractivity contribution is 0.101. The Labute approximate surface area is 189 Å². The summed E-state index contributed by atoms with van der Waals surface area (Å²) in [5, 5.41) is 9.24. The molecule has 0 radical (unpaired) electrons. The van der Waals surface area contributed by atoms with Crippen molar-refractivity contribution < 1.29 is 14.3 Å². The molecule has 2 aromatic heterocycles. The van der Waals surface area contributed by atoms with Crippen molar-refractivity contribution in [2.75, 3.05) is 29.2 Å². The molecule has 0 fully saturated rings. The standard InChI is InChI=1S/C24H20N6O3/c31-24(18-4-3-5-19-23(18)33-13-12-32-19)29-17-9-7-16(8-10-17)28-21-14-22(27-15-26-21)30-20-6-1-2-11-25-20/h1-11,14-15H,12-13H2,(H,29,31)(H2,25,26,27,28,30). The first-order valence-electron chi connectivity index (χ1n) is 10.3. The van der Waals surface area contributed by atoms with Gasteiger partial charge >= 0.3 is 0 Å². The fourth-order valence-electron chi connectivity index (χ4n) is 3.30. The second kappa shape index (κ2) is 9.23. The van der Waals surface area contributed by atoms with Crippen LogP contribution in [-0.2, 0) is 0 Å². The Morgan fingerprint density at radius 2 is 1.55 bits per heavy atom. The number of benzene rings is 2. The van der Waals surface area contributed by atoms with Gasteiger partial charge in [-0.3, -0.25) is 4.79 Å². The molecule has 0 unspecified atom stereocenters. The van der Waals surface area contributed by atoms with Crippen LogP contribution in [0.5, 0.6) is 11.5 Å². The van der Waals surface area contributed by atoms with Gasteiger partial charge in [0.25, 0.3) is 5.91 Å². The SMILES string of the molecule is O=C(Nc1ccc(Nc2cc(Nc3ccccn3)ncn2)cc1)c1cccc2c1OCCO2. The smallest absolute Gasteiger partial charge is 0.259 e. The maximum Gasteiger partial charge on any atom is 0.259 e. The molecule has 3 N–H and O–H groups in total. The van der Waals surface area contributed by atoms with Gasteiger partial charge in [-0.05, 0) is 48.5 Å². The van der Waals surface area contributed by atoms with E-state index >= 15 is 0 Å². The van der Waals surface area contributed by atoms with Crippen LogP contribution in [0.3, 0.4) is 0 Å². The molecule has 1 amide bonds. The van der Waals surface area contributed by atoms with E-state index in [2.05, 4.69) is 30.9 Å². The van der Waals surface area contributed by atoms with E-state index in [4.69, 9.17) is 9.47 Å². The van der Waals surface area contributed by atoms with Gasteiger partial charge < -0.3 is 25.4 Å². The Hall–Kier alpha value is -4.66. The van der Waals surface area contributed by atoms with Crippen LogP contribution in [0.25, 0.3) is 0 Å². The van der Waals surface area contributed by atoms with Crippen LogP contribution in [-0.4, -0.2) is 34.1 Å². The number of fused-ring (bicyclic) bond motifs is 1. The average Bonchev–Trinajstić information content (AvgIpc) is 2.86. The van der Waals surface area contributed by atoms with Crippen molar-refractivity contribution in [3.63, 3.8) is 0 Å².